The maximum absolute atomic E-state index is 4.82. The Balaban J connectivity index is 1.23. The molecule has 4 atom stereocenters. The average Bonchev–Trinajstić information content (AvgIpc) is 3.25. The molecule has 0 unspecified atom stereocenters. The Labute approximate surface area is 168 Å². The Morgan fingerprint density at radius 3 is 1.04 bits per heavy atom. The molecule has 0 N–H and O–H groups in total. The standard InChI is InChI=1S/C24H32N4/c1-2-10-22-12-4-3-11-21(22,9-1)17-27(18-22)25-26-28-19-23-13-5-6-14-24(23,20-28)16-8-7-15-23/h1-2,5-6,9-10,13-14H,3-4,7-8,11-12,15-20H2/t21-,22-,23+,24+. The molecule has 0 bridgehead atoms. The van der Waals surface area contributed by atoms with Gasteiger partial charge in [0, 0.05) is 47.8 Å². The van der Waals surface area contributed by atoms with Crippen LogP contribution in [0.2, 0.25) is 0 Å². The van der Waals surface area contributed by atoms with E-state index >= 15 is 0 Å². The second kappa shape index (κ2) is 5.84. The molecule has 0 radical (unpaired) electrons. The zero-order valence-electron chi connectivity index (χ0n) is 16.9. The molecule has 0 aromatic carbocycles. The third kappa shape index (κ3) is 2.18. The summed E-state index contributed by atoms with van der Waals surface area (Å²) in [4.78, 5) is 0. The van der Waals surface area contributed by atoms with Gasteiger partial charge in [0.25, 0.3) is 0 Å². The average molecular weight is 377 g/mol. The zero-order chi connectivity index (χ0) is 18.7. The molecule has 4 aliphatic carbocycles. The highest BCUT2D eigenvalue weighted by atomic mass is 15.7. The van der Waals surface area contributed by atoms with Gasteiger partial charge in [0.1, 0.15) is 0 Å². The van der Waals surface area contributed by atoms with E-state index < -0.39 is 0 Å². The van der Waals surface area contributed by atoms with Crippen molar-refractivity contribution in [3.8, 4) is 0 Å². The summed E-state index contributed by atoms with van der Waals surface area (Å²) in [6.45, 7) is 4.12. The lowest BCUT2D eigenvalue weighted by Gasteiger charge is -2.46. The first kappa shape index (κ1) is 17.1. The Morgan fingerprint density at radius 1 is 0.464 bits per heavy atom. The van der Waals surface area contributed by atoms with Crippen LogP contribution in [0, 0.1) is 21.7 Å². The summed E-state index contributed by atoms with van der Waals surface area (Å²) in [5, 5.41) is 14.2. The summed E-state index contributed by atoms with van der Waals surface area (Å²) in [7, 11) is 0. The van der Waals surface area contributed by atoms with E-state index in [1.807, 2.05) is 0 Å². The number of allylic oxidation sites excluding steroid dienone is 4. The highest BCUT2D eigenvalue weighted by Crippen LogP contribution is 2.60. The van der Waals surface area contributed by atoms with Crippen LogP contribution in [0.25, 0.3) is 0 Å². The lowest BCUT2D eigenvalue weighted by Crippen LogP contribution is -2.42. The van der Waals surface area contributed by atoms with Crippen LogP contribution in [0.4, 0.5) is 0 Å². The molecular weight excluding hydrogens is 344 g/mol. The Hall–Kier alpha value is -1.84. The van der Waals surface area contributed by atoms with Crippen molar-refractivity contribution >= 4 is 0 Å². The van der Waals surface area contributed by atoms with Gasteiger partial charge in [-0.25, -0.2) is 0 Å². The maximum atomic E-state index is 4.82. The number of nitrogens with zero attached hydrogens (tertiary/aromatic N) is 4. The molecular formula is C24H32N4. The SMILES string of the molecule is C1=C[C@@]23CCCC[C@@]2(C=C1)CN(N=NN1C[C@]24C=CC=C[C@@]2(CCCC4)C1)C3. The molecule has 4 fully saturated rings. The molecule has 0 aromatic rings. The quantitative estimate of drug-likeness (QED) is 0.617. The minimum Gasteiger partial charge on any atom is -0.275 e. The van der Waals surface area contributed by atoms with Crippen molar-refractivity contribution in [2.24, 2.45) is 32.1 Å². The molecule has 6 aliphatic rings. The second-order valence-electron chi connectivity index (χ2n) is 10.3. The summed E-state index contributed by atoms with van der Waals surface area (Å²) in [5.41, 5.74) is 1.15. The van der Waals surface area contributed by atoms with Crippen LogP contribution in [-0.2, 0) is 0 Å². The third-order valence-corrected chi connectivity index (χ3v) is 9.01. The summed E-state index contributed by atoms with van der Waals surface area (Å²) < 4.78 is 0. The van der Waals surface area contributed by atoms with E-state index in [1.165, 1.54) is 51.4 Å². The maximum Gasteiger partial charge on any atom is 0.0478 e. The molecule has 2 saturated carbocycles. The fourth-order valence-corrected chi connectivity index (χ4v) is 7.52. The zero-order valence-corrected chi connectivity index (χ0v) is 16.9. The van der Waals surface area contributed by atoms with Gasteiger partial charge >= 0.3 is 0 Å². The van der Waals surface area contributed by atoms with Crippen LogP contribution in [0.15, 0.2) is 59.1 Å². The summed E-state index contributed by atoms with van der Waals surface area (Å²) >= 11 is 0. The minimum absolute atomic E-state index is 0.287. The first-order chi connectivity index (χ1) is 13.7. The fraction of sp³-hybridized carbons (Fsp3) is 0.667. The van der Waals surface area contributed by atoms with E-state index in [0.717, 1.165) is 26.2 Å². The molecule has 6 rings (SSSR count). The largest absolute Gasteiger partial charge is 0.275 e. The van der Waals surface area contributed by atoms with E-state index in [1.54, 1.807) is 0 Å². The summed E-state index contributed by atoms with van der Waals surface area (Å²) in [6, 6.07) is 0. The van der Waals surface area contributed by atoms with Crippen LogP contribution in [0.5, 0.6) is 0 Å². The highest BCUT2D eigenvalue weighted by molar-refractivity contribution is 5.31. The van der Waals surface area contributed by atoms with Crippen LogP contribution >= 0.6 is 0 Å². The molecule has 2 heterocycles. The molecule has 4 heteroatoms. The van der Waals surface area contributed by atoms with Gasteiger partial charge in [0.2, 0.25) is 0 Å². The molecule has 148 valence electrons. The first-order valence-electron chi connectivity index (χ1n) is 11.3. The van der Waals surface area contributed by atoms with Gasteiger partial charge in [0.15, 0.2) is 0 Å². The van der Waals surface area contributed by atoms with Crippen LogP contribution in [-0.4, -0.2) is 36.2 Å². The lowest BCUT2D eigenvalue weighted by molar-refractivity contribution is 0.131. The summed E-state index contributed by atoms with van der Waals surface area (Å²) in [5.74, 6) is 0. The monoisotopic (exact) mass is 376 g/mol. The molecule has 0 spiro atoms. The smallest absolute Gasteiger partial charge is 0.0478 e. The lowest BCUT2D eigenvalue weighted by atomic mass is 9.56. The summed E-state index contributed by atoms with van der Waals surface area (Å²) in [6.07, 6.45) is 29.5. The van der Waals surface area contributed by atoms with E-state index in [9.17, 15) is 0 Å². The van der Waals surface area contributed by atoms with E-state index in [4.69, 9.17) is 10.4 Å². The van der Waals surface area contributed by atoms with Crippen LogP contribution in [0.3, 0.4) is 0 Å². The third-order valence-electron chi connectivity index (χ3n) is 9.01. The second-order valence-corrected chi connectivity index (χ2v) is 10.3. The van der Waals surface area contributed by atoms with Gasteiger partial charge in [-0.2, -0.15) is 0 Å². The number of rotatable bonds is 2. The van der Waals surface area contributed by atoms with Crippen molar-refractivity contribution in [3.05, 3.63) is 48.6 Å². The van der Waals surface area contributed by atoms with Gasteiger partial charge < -0.3 is 0 Å². The van der Waals surface area contributed by atoms with Crippen molar-refractivity contribution in [2.75, 3.05) is 26.2 Å². The van der Waals surface area contributed by atoms with E-state index in [2.05, 4.69) is 58.6 Å². The Kier molecular flexibility index (Phi) is 3.56. The predicted octanol–water partition coefficient (Wildman–Crippen LogP) is 5.25. The molecule has 2 saturated heterocycles. The van der Waals surface area contributed by atoms with Crippen molar-refractivity contribution in [1.82, 2.24) is 10.0 Å². The van der Waals surface area contributed by atoms with E-state index in [0.29, 0.717) is 0 Å². The van der Waals surface area contributed by atoms with Crippen LogP contribution in [0.1, 0.15) is 51.4 Å². The highest BCUT2D eigenvalue weighted by Gasteiger charge is 2.58. The Morgan fingerprint density at radius 2 is 0.750 bits per heavy atom. The van der Waals surface area contributed by atoms with Gasteiger partial charge in [-0.3, -0.25) is 10.0 Å². The number of hydrogen-bond donors (Lipinski definition) is 0. The molecule has 2 aliphatic heterocycles. The van der Waals surface area contributed by atoms with Crippen molar-refractivity contribution in [1.29, 1.82) is 0 Å². The first-order valence-corrected chi connectivity index (χ1v) is 11.3. The number of hydrogen-bond acceptors (Lipinski definition) is 2. The van der Waals surface area contributed by atoms with E-state index in [-0.39, 0.29) is 21.7 Å². The van der Waals surface area contributed by atoms with Gasteiger partial charge in [-0.05, 0) is 25.7 Å². The molecule has 0 amide bonds. The topological polar surface area (TPSA) is 31.2 Å². The fourth-order valence-electron chi connectivity index (χ4n) is 7.52. The molecule has 4 nitrogen and oxygen atoms in total. The van der Waals surface area contributed by atoms with Gasteiger partial charge in [-0.1, -0.05) is 84.7 Å². The normalized spacial score (nSPS) is 46.0. The van der Waals surface area contributed by atoms with Gasteiger partial charge in [-0.15, -0.1) is 0 Å². The molecule has 0 aromatic heterocycles. The van der Waals surface area contributed by atoms with Crippen molar-refractivity contribution < 1.29 is 0 Å². The van der Waals surface area contributed by atoms with Crippen molar-refractivity contribution in [3.63, 3.8) is 0 Å². The van der Waals surface area contributed by atoms with Crippen LogP contribution < -0.4 is 0 Å². The predicted molar refractivity (Wildman–Crippen MR) is 111 cm³/mol. The Bertz CT molecular complexity index is 683. The van der Waals surface area contributed by atoms with Crippen molar-refractivity contribution in [2.45, 2.75) is 51.4 Å². The van der Waals surface area contributed by atoms with Gasteiger partial charge in [0.05, 0.1) is 0 Å². The molecule has 28 heavy (non-hydrogen) atoms. The minimum atomic E-state index is 0.287.